The number of hydrogen-bond donors (Lipinski definition) is 2. The molecule has 0 aliphatic carbocycles. The summed E-state index contributed by atoms with van der Waals surface area (Å²) in [7, 11) is 0. The molecule has 8 heteroatoms. The Balaban J connectivity index is 1.49. The van der Waals surface area contributed by atoms with Crippen molar-refractivity contribution in [2.24, 2.45) is 0 Å². The van der Waals surface area contributed by atoms with E-state index in [1.807, 2.05) is 18.2 Å². The number of carbonyl (C=O) groups excluding carboxylic acids is 2. The molecule has 3 rings (SSSR count). The lowest BCUT2D eigenvalue weighted by atomic mass is 10.0. The minimum absolute atomic E-state index is 0.0206. The predicted molar refractivity (Wildman–Crippen MR) is 100 cm³/mol. The highest BCUT2D eigenvalue weighted by Gasteiger charge is 2.31. The van der Waals surface area contributed by atoms with Gasteiger partial charge in [-0.05, 0) is 30.5 Å². The van der Waals surface area contributed by atoms with Crippen molar-refractivity contribution in [2.75, 3.05) is 13.1 Å². The average molecular weight is 389 g/mol. The number of carbonyl (C=O) groups is 2. The molecule has 1 saturated heterocycles. The molecule has 1 aliphatic rings. The number of likely N-dealkylation sites (tertiary alicyclic amines) is 1. The summed E-state index contributed by atoms with van der Waals surface area (Å²) in [6.07, 6.45) is 4.90. The Morgan fingerprint density at radius 3 is 2.89 bits per heavy atom. The standard InChI is InChI=1S/C19H21ClN4O3/c20-14-3-1-2-13(10-14)4-5-18(26)24-9-6-15(17(25)12-24)23-19(27)16-11-21-7-8-22-16/h1-3,7-8,10-11,15,17,25H,4-6,9,12H2,(H,23,27)/t15-,17-/m1/s1. The third-order valence-corrected chi connectivity index (χ3v) is 4.80. The fourth-order valence-corrected chi connectivity index (χ4v) is 3.30. The highest BCUT2D eigenvalue weighted by Crippen LogP contribution is 2.16. The molecule has 1 aliphatic heterocycles. The minimum Gasteiger partial charge on any atom is -0.389 e. The van der Waals surface area contributed by atoms with Gasteiger partial charge >= 0.3 is 0 Å². The van der Waals surface area contributed by atoms with E-state index in [0.29, 0.717) is 30.8 Å². The third-order valence-electron chi connectivity index (χ3n) is 4.56. The van der Waals surface area contributed by atoms with Crippen LogP contribution in [-0.4, -0.2) is 57.0 Å². The predicted octanol–water partition coefficient (Wildman–Crippen LogP) is 1.45. The van der Waals surface area contributed by atoms with Crippen LogP contribution in [0.15, 0.2) is 42.9 Å². The number of piperidine rings is 1. The van der Waals surface area contributed by atoms with Gasteiger partial charge in [0.15, 0.2) is 0 Å². The molecule has 142 valence electrons. The van der Waals surface area contributed by atoms with Crippen LogP contribution in [0.2, 0.25) is 5.02 Å². The second-order valence-corrected chi connectivity index (χ2v) is 6.93. The van der Waals surface area contributed by atoms with Gasteiger partial charge in [-0.2, -0.15) is 0 Å². The number of hydrogen-bond acceptors (Lipinski definition) is 5. The quantitative estimate of drug-likeness (QED) is 0.808. The van der Waals surface area contributed by atoms with E-state index in [4.69, 9.17) is 11.6 Å². The number of amides is 2. The Morgan fingerprint density at radius 2 is 2.19 bits per heavy atom. The maximum Gasteiger partial charge on any atom is 0.271 e. The van der Waals surface area contributed by atoms with Gasteiger partial charge in [0.05, 0.1) is 18.3 Å². The van der Waals surface area contributed by atoms with Gasteiger partial charge in [-0.25, -0.2) is 4.98 Å². The van der Waals surface area contributed by atoms with Crippen molar-refractivity contribution in [3.63, 3.8) is 0 Å². The number of aryl methyl sites for hydroxylation is 1. The molecular weight excluding hydrogens is 368 g/mol. The molecule has 0 bridgehead atoms. The van der Waals surface area contributed by atoms with Crippen molar-refractivity contribution in [3.05, 3.63) is 59.1 Å². The molecule has 2 N–H and O–H groups in total. The summed E-state index contributed by atoms with van der Waals surface area (Å²) >= 11 is 5.96. The van der Waals surface area contributed by atoms with Gasteiger partial charge in [0.2, 0.25) is 5.91 Å². The Labute approximate surface area is 162 Å². The minimum atomic E-state index is -0.825. The molecule has 1 aromatic carbocycles. The molecule has 2 heterocycles. The van der Waals surface area contributed by atoms with E-state index in [0.717, 1.165) is 5.56 Å². The zero-order valence-electron chi connectivity index (χ0n) is 14.7. The SMILES string of the molecule is O=C(N[C@@H]1CCN(C(=O)CCc2cccc(Cl)c2)C[C@H]1O)c1cnccn1. The van der Waals surface area contributed by atoms with Gasteiger partial charge in [-0.1, -0.05) is 23.7 Å². The van der Waals surface area contributed by atoms with Gasteiger partial charge in [-0.3, -0.25) is 14.6 Å². The molecule has 0 unspecified atom stereocenters. The summed E-state index contributed by atoms with van der Waals surface area (Å²) in [5.41, 5.74) is 1.20. The van der Waals surface area contributed by atoms with Crippen LogP contribution >= 0.6 is 11.6 Å². The topological polar surface area (TPSA) is 95.4 Å². The molecule has 1 fully saturated rings. The smallest absolute Gasteiger partial charge is 0.271 e. The van der Waals surface area contributed by atoms with Crippen molar-refractivity contribution in [2.45, 2.75) is 31.4 Å². The molecule has 7 nitrogen and oxygen atoms in total. The highest BCUT2D eigenvalue weighted by atomic mass is 35.5. The van der Waals surface area contributed by atoms with E-state index in [9.17, 15) is 14.7 Å². The average Bonchev–Trinajstić information content (AvgIpc) is 2.68. The lowest BCUT2D eigenvalue weighted by Crippen LogP contribution is -2.55. The second-order valence-electron chi connectivity index (χ2n) is 6.50. The second kappa shape index (κ2) is 8.92. The summed E-state index contributed by atoms with van der Waals surface area (Å²) in [5, 5.41) is 13.8. The van der Waals surface area contributed by atoms with Gasteiger partial charge in [-0.15, -0.1) is 0 Å². The van der Waals surface area contributed by atoms with Gasteiger partial charge in [0, 0.05) is 36.9 Å². The van der Waals surface area contributed by atoms with Crippen molar-refractivity contribution in [1.82, 2.24) is 20.2 Å². The summed E-state index contributed by atoms with van der Waals surface area (Å²) < 4.78 is 0. The van der Waals surface area contributed by atoms with E-state index in [1.54, 1.807) is 11.0 Å². The molecule has 1 aromatic heterocycles. The Kier molecular flexibility index (Phi) is 6.36. The van der Waals surface area contributed by atoms with Crippen molar-refractivity contribution >= 4 is 23.4 Å². The highest BCUT2D eigenvalue weighted by molar-refractivity contribution is 6.30. The number of nitrogens with one attached hydrogen (secondary N) is 1. The maximum atomic E-state index is 12.4. The number of aliphatic hydroxyl groups is 1. The van der Waals surface area contributed by atoms with E-state index in [1.165, 1.54) is 18.6 Å². The van der Waals surface area contributed by atoms with Crippen LogP contribution in [0.3, 0.4) is 0 Å². The Bertz CT molecular complexity index is 803. The molecule has 2 atom stereocenters. The number of benzene rings is 1. The largest absolute Gasteiger partial charge is 0.389 e. The van der Waals surface area contributed by atoms with Crippen LogP contribution in [0, 0.1) is 0 Å². The van der Waals surface area contributed by atoms with E-state index >= 15 is 0 Å². The van der Waals surface area contributed by atoms with Crippen LogP contribution in [-0.2, 0) is 11.2 Å². The van der Waals surface area contributed by atoms with Crippen LogP contribution in [0.25, 0.3) is 0 Å². The molecule has 27 heavy (non-hydrogen) atoms. The molecule has 2 amide bonds. The fraction of sp³-hybridized carbons (Fsp3) is 0.368. The number of nitrogens with zero attached hydrogens (tertiary/aromatic N) is 3. The van der Waals surface area contributed by atoms with Crippen molar-refractivity contribution in [1.29, 1.82) is 0 Å². The summed E-state index contributed by atoms with van der Waals surface area (Å²) in [6.45, 7) is 0.677. The number of halogens is 1. The van der Waals surface area contributed by atoms with E-state index in [-0.39, 0.29) is 24.1 Å². The van der Waals surface area contributed by atoms with Crippen LogP contribution < -0.4 is 5.32 Å². The van der Waals surface area contributed by atoms with Crippen LogP contribution in [0.4, 0.5) is 0 Å². The molecule has 0 saturated carbocycles. The summed E-state index contributed by atoms with van der Waals surface area (Å²) in [6, 6.07) is 7.01. The molecule has 2 aromatic rings. The zero-order chi connectivity index (χ0) is 19.2. The summed E-state index contributed by atoms with van der Waals surface area (Å²) in [4.78, 5) is 34.0. The lowest BCUT2D eigenvalue weighted by Gasteiger charge is -2.36. The molecule has 0 radical (unpaired) electrons. The monoisotopic (exact) mass is 388 g/mol. The number of aromatic nitrogens is 2. The van der Waals surface area contributed by atoms with E-state index in [2.05, 4.69) is 15.3 Å². The number of rotatable bonds is 5. The first-order chi connectivity index (χ1) is 13.0. The maximum absolute atomic E-state index is 12.4. The first-order valence-electron chi connectivity index (χ1n) is 8.80. The van der Waals surface area contributed by atoms with Crippen LogP contribution in [0.5, 0.6) is 0 Å². The normalized spacial score (nSPS) is 19.6. The Hall–Kier alpha value is -2.51. The van der Waals surface area contributed by atoms with Gasteiger partial charge in [0.25, 0.3) is 5.91 Å². The lowest BCUT2D eigenvalue weighted by molar-refractivity contribution is -0.134. The van der Waals surface area contributed by atoms with E-state index < -0.39 is 12.1 Å². The first-order valence-corrected chi connectivity index (χ1v) is 9.18. The van der Waals surface area contributed by atoms with Gasteiger partial charge < -0.3 is 15.3 Å². The van der Waals surface area contributed by atoms with Gasteiger partial charge in [0.1, 0.15) is 5.69 Å². The number of β-amino-alcohol motifs (C(OH)–C–C–N with tert-alkyl or cyclic N) is 1. The third kappa shape index (κ3) is 5.24. The fourth-order valence-electron chi connectivity index (χ4n) is 3.09. The zero-order valence-corrected chi connectivity index (χ0v) is 15.5. The summed E-state index contributed by atoms with van der Waals surface area (Å²) in [5.74, 6) is -0.402. The van der Waals surface area contributed by atoms with Crippen molar-refractivity contribution in [3.8, 4) is 0 Å². The first kappa shape index (κ1) is 19.3. The molecule has 0 spiro atoms. The number of aliphatic hydroxyl groups excluding tert-OH is 1. The Morgan fingerprint density at radius 1 is 1.33 bits per heavy atom. The van der Waals surface area contributed by atoms with Crippen molar-refractivity contribution < 1.29 is 14.7 Å². The molecular formula is C19H21ClN4O3. The van der Waals surface area contributed by atoms with Crippen LogP contribution in [0.1, 0.15) is 28.9 Å².